The Hall–Kier alpha value is -3.14. The molecule has 0 amide bonds. The number of halogens is 3. The molecule has 3 aromatic rings. The average Bonchev–Trinajstić information content (AvgIpc) is 3.39. The molecule has 0 saturated heterocycles. The number of aromatic nitrogens is 4. The number of alkyl halides is 3. The highest BCUT2D eigenvalue weighted by molar-refractivity contribution is 5.59. The summed E-state index contributed by atoms with van der Waals surface area (Å²) in [4.78, 5) is 17.6. The molecular weight excluding hydrogens is 407 g/mol. The number of aromatic amines is 1. The van der Waals surface area contributed by atoms with Gasteiger partial charge in [0.05, 0.1) is 12.0 Å². The van der Waals surface area contributed by atoms with Crippen LogP contribution in [0.15, 0.2) is 36.9 Å². The largest absolute Gasteiger partial charge is 0.421 e. The van der Waals surface area contributed by atoms with Gasteiger partial charge >= 0.3 is 6.18 Å². The maximum absolute atomic E-state index is 13.3. The quantitative estimate of drug-likeness (QED) is 0.548. The minimum atomic E-state index is -4.50. The summed E-state index contributed by atoms with van der Waals surface area (Å²) in [6.07, 6.45) is 2.52. The fourth-order valence-corrected chi connectivity index (χ4v) is 3.74. The van der Waals surface area contributed by atoms with Gasteiger partial charge in [0.1, 0.15) is 11.4 Å². The Balaban J connectivity index is 1.30. The summed E-state index contributed by atoms with van der Waals surface area (Å²) in [6.45, 7) is 2.53. The number of imidazole rings is 1. The summed E-state index contributed by atoms with van der Waals surface area (Å²) >= 11 is 0. The minimum absolute atomic E-state index is 0.0528. The molecule has 10 heteroatoms. The Morgan fingerprint density at radius 1 is 1.16 bits per heavy atom. The number of nitrogens with one attached hydrogen (secondary N) is 3. The van der Waals surface area contributed by atoms with Crippen molar-refractivity contribution in [3.8, 4) is 0 Å². The van der Waals surface area contributed by atoms with E-state index in [0.717, 1.165) is 56.5 Å². The molecule has 0 bridgehead atoms. The Kier molecular flexibility index (Phi) is 5.01. The van der Waals surface area contributed by atoms with Crippen molar-refractivity contribution in [2.75, 3.05) is 17.2 Å². The fraction of sp³-hybridized carbons (Fsp3) is 0.381. The third-order valence-electron chi connectivity index (χ3n) is 5.51. The molecule has 2 aliphatic rings. The lowest BCUT2D eigenvalue weighted by Gasteiger charge is -2.28. The molecule has 0 radical (unpaired) electrons. The molecule has 1 aliphatic carbocycles. The van der Waals surface area contributed by atoms with Crippen molar-refractivity contribution in [3.63, 3.8) is 0 Å². The Bertz CT molecular complexity index is 1060. The van der Waals surface area contributed by atoms with E-state index in [1.807, 2.05) is 24.4 Å². The van der Waals surface area contributed by atoms with Gasteiger partial charge in [0, 0.05) is 43.8 Å². The van der Waals surface area contributed by atoms with Crippen LogP contribution in [0.3, 0.4) is 0 Å². The van der Waals surface area contributed by atoms with E-state index in [-0.39, 0.29) is 17.8 Å². The summed E-state index contributed by atoms with van der Waals surface area (Å²) in [6, 6.07) is 6.03. The third kappa shape index (κ3) is 4.63. The van der Waals surface area contributed by atoms with Gasteiger partial charge in [0.15, 0.2) is 0 Å². The monoisotopic (exact) mass is 429 g/mol. The summed E-state index contributed by atoms with van der Waals surface area (Å²) in [5.41, 5.74) is 3.38. The number of nitrogens with zero attached hydrogens (tertiary/aromatic N) is 4. The van der Waals surface area contributed by atoms with Crippen molar-refractivity contribution in [2.24, 2.45) is 0 Å². The van der Waals surface area contributed by atoms with Crippen LogP contribution in [0.5, 0.6) is 0 Å². The predicted molar refractivity (Wildman–Crippen MR) is 110 cm³/mol. The van der Waals surface area contributed by atoms with E-state index in [1.54, 1.807) is 6.33 Å². The molecule has 31 heavy (non-hydrogen) atoms. The molecule has 0 atom stereocenters. The molecule has 1 fully saturated rings. The molecule has 162 valence electrons. The summed E-state index contributed by atoms with van der Waals surface area (Å²) in [5.74, 6) is -0.0217. The van der Waals surface area contributed by atoms with E-state index in [4.69, 9.17) is 0 Å². The minimum Gasteiger partial charge on any atom is -0.367 e. The summed E-state index contributed by atoms with van der Waals surface area (Å²) < 4.78 is 39.8. The molecule has 0 spiro atoms. The highest BCUT2D eigenvalue weighted by Crippen LogP contribution is 2.36. The number of hydrogen-bond donors (Lipinski definition) is 3. The van der Waals surface area contributed by atoms with E-state index < -0.39 is 11.7 Å². The van der Waals surface area contributed by atoms with E-state index in [9.17, 15) is 13.2 Å². The van der Waals surface area contributed by atoms with Crippen LogP contribution in [0.25, 0.3) is 0 Å². The standard InChI is InChI=1S/C21H22F3N7/c22-21(23,24)18-9-26-20(30-19(18)28-15-3-4-15)29-16-2-1-14-10-31(6-5-13(14)7-16)11-17-8-25-12-27-17/h1-2,7-9,12,15H,3-6,10-11H2,(H,25,27)(H2,26,28,29,30). The molecule has 5 rings (SSSR count). The first kappa shape index (κ1) is 19.8. The number of hydrogen-bond acceptors (Lipinski definition) is 6. The van der Waals surface area contributed by atoms with Crippen LogP contribution >= 0.6 is 0 Å². The Morgan fingerprint density at radius 2 is 2.03 bits per heavy atom. The molecule has 1 aromatic carbocycles. The number of anilines is 3. The van der Waals surface area contributed by atoms with Gasteiger partial charge in [-0.3, -0.25) is 4.90 Å². The van der Waals surface area contributed by atoms with Crippen molar-refractivity contribution in [3.05, 3.63) is 59.3 Å². The second-order valence-electron chi connectivity index (χ2n) is 8.00. The number of H-pyrrole nitrogens is 1. The first-order valence-electron chi connectivity index (χ1n) is 10.2. The van der Waals surface area contributed by atoms with Crippen molar-refractivity contribution in [1.29, 1.82) is 0 Å². The fourth-order valence-electron chi connectivity index (χ4n) is 3.74. The zero-order valence-electron chi connectivity index (χ0n) is 16.7. The third-order valence-corrected chi connectivity index (χ3v) is 5.51. The van der Waals surface area contributed by atoms with Crippen molar-refractivity contribution in [1.82, 2.24) is 24.8 Å². The van der Waals surface area contributed by atoms with E-state index in [0.29, 0.717) is 0 Å². The normalized spacial score (nSPS) is 16.7. The Morgan fingerprint density at radius 3 is 2.77 bits per heavy atom. The van der Waals surface area contributed by atoms with Crippen LogP contribution in [-0.4, -0.2) is 37.4 Å². The first-order valence-corrected chi connectivity index (χ1v) is 10.2. The molecule has 2 aromatic heterocycles. The van der Waals surface area contributed by atoms with Gasteiger partial charge in [0.25, 0.3) is 0 Å². The lowest BCUT2D eigenvalue weighted by molar-refractivity contribution is -0.137. The van der Waals surface area contributed by atoms with Crippen molar-refractivity contribution < 1.29 is 13.2 Å². The maximum atomic E-state index is 13.3. The number of fused-ring (bicyclic) bond motifs is 1. The topological polar surface area (TPSA) is 81.8 Å². The van der Waals surface area contributed by atoms with Gasteiger partial charge in [-0.2, -0.15) is 18.2 Å². The highest BCUT2D eigenvalue weighted by Gasteiger charge is 2.36. The van der Waals surface area contributed by atoms with Gasteiger partial charge in [0.2, 0.25) is 5.95 Å². The molecule has 3 N–H and O–H groups in total. The molecule has 1 aliphatic heterocycles. The van der Waals surface area contributed by atoms with Crippen LogP contribution in [0.2, 0.25) is 0 Å². The van der Waals surface area contributed by atoms with Gasteiger partial charge in [-0.25, -0.2) is 9.97 Å². The van der Waals surface area contributed by atoms with Crippen molar-refractivity contribution >= 4 is 17.5 Å². The van der Waals surface area contributed by atoms with E-state index in [1.165, 1.54) is 11.1 Å². The number of rotatable bonds is 6. The predicted octanol–water partition coefficient (Wildman–Crippen LogP) is 4.09. The molecular formula is C21H22F3N7. The van der Waals surface area contributed by atoms with Crippen LogP contribution < -0.4 is 10.6 Å². The second-order valence-corrected chi connectivity index (χ2v) is 8.00. The zero-order valence-corrected chi connectivity index (χ0v) is 16.7. The van der Waals surface area contributed by atoms with Crippen LogP contribution in [0.4, 0.5) is 30.6 Å². The van der Waals surface area contributed by atoms with E-state index in [2.05, 4.69) is 35.5 Å². The maximum Gasteiger partial charge on any atom is 0.421 e. The zero-order chi connectivity index (χ0) is 21.4. The summed E-state index contributed by atoms with van der Waals surface area (Å²) in [7, 11) is 0. The molecule has 7 nitrogen and oxygen atoms in total. The van der Waals surface area contributed by atoms with Crippen LogP contribution in [-0.2, 0) is 25.7 Å². The van der Waals surface area contributed by atoms with Crippen LogP contribution in [0.1, 0.15) is 35.2 Å². The first-order chi connectivity index (χ1) is 14.9. The molecule has 1 saturated carbocycles. The van der Waals surface area contributed by atoms with Crippen LogP contribution in [0, 0.1) is 0 Å². The highest BCUT2D eigenvalue weighted by atomic mass is 19.4. The van der Waals surface area contributed by atoms with E-state index >= 15 is 0 Å². The molecule has 3 heterocycles. The van der Waals surface area contributed by atoms with Crippen molar-refractivity contribution in [2.45, 2.75) is 44.6 Å². The second kappa shape index (κ2) is 7.84. The number of benzene rings is 1. The van der Waals surface area contributed by atoms with Gasteiger partial charge in [-0.05, 0) is 42.5 Å². The lowest BCUT2D eigenvalue weighted by Crippen LogP contribution is -2.30. The van der Waals surface area contributed by atoms with Gasteiger partial charge in [-0.1, -0.05) is 6.07 Å². The SMILES string of the molecule is FC(F)(F)c1cnc(Nc2ccc3c(c2)CCN(Cc2c[nH]cn2)C3)nc1NC1CC1. The average molecular weight is 429 g/mol. The smallest absolute Gasteiger partial charge is 0.367 e. The summed E-state index contributed by atoms with van der Waals surface area (Å²) in [5, 5.41) is 5.92. The molecule has 0 unspecified atom stereocenters. The Labute approximate surface area is 177 Å². The van der Waals surface area contributed by atoms with Gasteiger partial charge < -0.3 is 15.6 Å². The van der Waals surface area contributed by atoms with Gasteiger partial charge in [-0.15, -0.1) is 0 Å². The lowest BCUT2D eigenvalue weighted by atomic mass is 9.99.